The van der Waals surface area contributed by atoms with E-state index in [1.54, 1.807) is 12.3 Å². The molecule has 12 heavy (non-hydrogen) atoms. The summed E-state index contributed by atoms with van der Waals surface area (Å²) in [6.07, 6.45) is 3.83. The third kappa shape index (κ3) is 2.20. The molecular weight excluding hydrogens is 150 g/mol. The molecule has 1 heterocycles. The molecule has 3 nitrogen and oxygen atoms in total. The van der Waals surface area contributed by atoms with Crippen molar-refractivity contribution in [1.82, 2.24) is 4.98 Å². The molecule has 0 spiro atoms. The van der Waals surface area contributed by atoms with Gasteiger partial charge in [0.1, 0.15) is 5.82 Å². The van der Waals surface area contributed by atoms with Gasteiger partial charge in [0.25, 0.3) is 0 Å². The Hall–Kier alpha value is -1.09. The molecule has 0 saturated heterocycles. The van der Waals surface area contributed by atoms with Crippen LogP contribution in [0, 0.1) is 0 Å². The second-order valence-electron chi connectivity index (χ2n) is 2.91. The predicted octanol–water partition coefficient (Wildman–Crippen LogP) is 1.46. The maximum Gasteiger partial charge on any atom is 0.123 e. The Morgan fingerprint density at radius 2 is 2.25 bits per heavy atom. The summed E-state index contributed by atoms with van der Waals surface area (Å²) in [7, 11) is 0. The van der Waals surface area contributed by atoms with Crippen molar-refractivity contribution < 1.29 is 0 Å². The van der Waals surface area contributed by atoms with Gasteiger partial charge in [-0.3, -0.25) is 0 Å². The van der Waals surface area contributed by atoms with Crippen LogP contribution >= 0.6 is 0 Å². The largest absolute Gasteiger partial charge is 0.384 e. The standard InChI is InChI=1S/C9H15N3/c1-2-3-8(10)7-4-5-9(11)12-6-7/h4-6,8H,2-3,10H2,1H3,(H2,11,12)/t8-/m1/s1. The number of anilines is 1. The van der Waals surface area contributed by atoms with E-state index in [0.717, 1.165) is 18.4 Å². The molecule has 1 aromatic heterocycles. The van der Waals surface area contributed by atoms with Crippen LogP contribution in [0.15, 0.2) is 18.3 Å². The topological polar surface area (TPSA) is 64.9 Å². The van der Waals surface area contributed by atoms with Gasteiger partial charge >= 0.3 is 0 Å². The van der Waals surface area contributed by atoms with E-state index in [4.69, 9.17) is 11.5 Å². The zero-order chi connectivity index (χ0) is 8.97. The Morgan fingerprint density at radius 3 is 2.75 bits per heavy atom. The summed E-state index contributed by atoms with van der Waals surface area (Å²) in [6, 6.07) is 3.82. The molecule has 0 aromatic carbocycles. The lowest BCUT2D eigenvalue weighted by Gasteiger charge is -2.09. The van der Waals surface area contributed by atoms with Crippen molar-refractivity contribution in [1.29, 1.82) is 0 Å². The van der Waals surface area contributed by atoms with Gasteiger partial charge in [-0.25, -0.2) is 4.98 Å². The Morgan fingerprint density at radius 1 is 1.50 bits per heavy atom. The van der Waals surface area contributed by atoms with E-state index in [2.05, 4.69) is 11.9 Å². The van der Waals surface area contributed by atoms with Gasteiger partial charge in [-0.1, -0.05) is 19.4 Å². The van der Waals surface area contributed by atoms with Crippen molar-refractivity contribution in [2.75, 3.05) is 5.73 Å². The Labute approximate surface area is 72.8 Å². The highest BCUT2D eigenvalue weighted by atomic mass is 14.8. The third-order valence-corrected chi connectivity index (χ3v) is 1.84. The van der Waals surface area contributed by atoms with Gasteiger partial charge in [0.2, 0.25) is 0 Å². The van der Waals surface area contributed by atoms with Gasteiger partial charge in [-0.05, 0) is 18.1 Å². The van der Waals surface area contributed by atoms with E-state index < -0.39 is 0 Å². The van der Waals surface area contributed by atoms with Crippen LogP contribution in [0.4, 0.5) is 5.82 Å². The summed E-state index contributed by atoms with van der Waals surface area (Å²) in [5, 5.41) is 0. The lowest BCUT2D eigenvalue weighted by atomic mass is 10.1. The van der Waals surface area contributed by atoms with Gasteiger partial charge in [0.05, 0.1) is 0 Å². The number of nitrogens with two attached hydrogens (primary N) is 2. The molecule has 0 fully saturated rings. The molecule has 0 aliphatic heterocycles. The summed E-state index contributed by atoms with van der Waals surface area (Å²) in [4.78, 5) is 3.98. The average molecular weight is 165 g/mol. The van der Waals surface area contributed by atoms with E-state index in [1.165, 1.54) is 0 Å². The van der Waals surface area contributed by atoms with Crippen LogP contribution in [0.25, 0.3) is 0 Å². The fraction of sp³-hybridized carbons (Fsp3) is 0.444. The first-order chi connectivity index (χ1) is 5.74. The van der Waals surface area contributed by atoms with Crippen LogP contribution in [-0.2, 0) is 0 Å². The summed E-state index contributed by atoms with van der Waals surface area (Å²) < 4.78 is 0. The average Bonchev–Trinajstić information content (AvgIpc) is 2.06. The van der Waals surface area contributed by atoms with Gasteiger partial charge in [-0.15, -0.1) is 0 Å². The molecule has 0 radical (unpaired) electrons. The van der Waals surface area contributed by atoms with E-state index in [0.29, 0.717) is 5.82 Å². The zero-order valence-corrected chi connectivity index (χ0v) is 7.33. The van der Waals surface area contributed by atoms with Crippen LogP contribution < -0.4 is 11.5 Å². The lowest BCUT2D eigenvalue weighted by molar-refractivity contribution is 0.636. The highest BCUT2D eigenvalue weighted by molar-refractivity contribution is 5.30. The summed E-state index contributed by atoms with van der Waals surface area (Å²) in [5.41, 5.74) is 12.4. The van der Waals surface area contributed by atoms with Gasteiger partial charge in [-0.2, -0.15) is 0 Å². The second kappa shape index (κ2) is 4.07. The minimum absolute atomic E-state index is 0.100. The van der Waals surface area contributed by atoms with E-state index in [-0.39, 0.29) is 6.04 Å². The normalized spacial score (nSPS) is 12.8. The molecule has 0 saturated carbocycles. The molecule has 0 unspecified atom stereocenters. The molecule has 1 aromatic rings. The summed E-state index contributed by atoms with van der Waals surface area (Å²) in [6.45, 7) is 2.12. The van der Waals surface area contributed by atoms with Gasteiger partial charge < -0.3 is 11.5 Å². The predicted molar refractivity (Wildman–Crippen MR) is 50.5 cm³/mol. The molecule has 4 N–H and O–H groups in total. The molecule has 1 atom stereocenters. The van der Waals surface area contributed by atoms with Crippen LogP contribution in [0.5, 0.6) is 0 Å². The van der Waals surface area contributed by atoms with Crippen LogP contribution in [0.1, 0.15) is 31.4 Å². The first-order valence-electron chi connectivity index (χ1n) is 4.21. The summed E-state index contributed by atoms with van der Waals surface area (Å²) in [5.74, 6) is 0.544. The molecule has 3 heteroatoms. The van der Waals surface area contributed by atoms with Gasteiger partial charge in [0, 0.05) is 12.2 Å². The smallest absolute Gasteiger partial charge is 0.123 e. The minimum atomic E-state index is 0.100. The lowest BCUT2D eigenvalue weighted by Crippen LogP contribution is -2.10. The maximum absolute atomic E-state index is 5.87. The first-order valence-corrected chi connectivity index (χ1v) is 4.21. The number of hydrogen-bond donors (Lipinski definition) is 2. The molecule has 66 valence electrons. The van der Waals surface area contributed by atoms with Crippen molar-refractivity contribution in [2.24, 2.45) is 5.73 Å². The first kappa shape index (κ1) is 9.00. The number of pyridine rings is 1. The quantitative estimate of drug-likeness (QED) is 0.712. The number of nitrogens with zero attached hydrogens (tertiary/aromatic N) is 1. The minimum Gasteiger partial charge on any atom is -0.384 e. The number of aromatic nitrogens is 1. The molecule has 0 amide bonds. The molecular formula is C9H15N3. The molecule has 0 aliphatic rings. The second-order valence-corrected chi connectivity index (χ2v) is 2.91. The molecule has 0 aliphatic carbocycles. The maximum atomic E-state index is 5.87. The fourth-order valence-corrected chi connectivity index (χ4v) is 1.11. The van der Waals surface area contributed by atoms with Crippen LogP contribution in [-0.4, -0.2) is 4.98 Å². The highest BCUT2D eigenvalue weighted by Gasteiger charge is 2.03. The summed E-state index contributed by atoms with van der Waals surface area (Å²) >= 11 is 0. The zero-order valence-electron chi connectivity index (χ0n) is 7.33. The van der Waals surface area contributed by atoms with Crippen molar-refractivity contribution in [3.8, 4) is 0 Å². The van der Waals surface area contributed by atoms with E-state index in [1.807, 2.05) is 6.07 Å². The van der Waals surface area contributed by atoms with Crippen molar-refractivity contribution in [3.63, 3.8) is 0 Å². The van der Waals surface area contributed by atoms with Crippen LogP contribution in [0.3, 0.4) is 0 Å². The van der Waals surface area contributed by atoms with Crippen molar-refractivity contribution in [2.45, 2.75) is 25.8 Å². The van der Waals surface area contributed by atoms with Crippen LogP contribution in [0.2, 0.25) is 0 Å². The fourth-order valence-electron chi connectivity index (χ4n) is 1.11. The monoisotopic (exact) mass is 165 g/mol. The third-order valence-electron chi connectivity index (χ3n) is 1.84. The van der Waals surface area contributed by atoms with E-state index >= 15 is 0 Å². The number of rotatable bonds is 3. The highest BCUT2D eigenvalue weighted by Crippen LogP contribution is 2.14. The Bertz CT molecular complexity index is 230. The molecule has 0 bridgehead atoms. The van der Waals surface area contributed by atoms with Gasteiger partial charge in [0.15, 0.2) is 0 Å². The Kier molecular flexibility index (Phi) is 3.05. The van der Waals surface area contributed by atoms with Crippen molar-refractivity contribution >= 4 is 5.82 Å². The Balaban J connectivity index is 2.68. The van der Waals surface area contributed by atoms with Crippen molar-refractivity contribution in [3.05, 3.63) is 23.9 Å². The number of nitrogen functional groups attached to an aromatic ring is 1. The number of hydrogen-bond acceptors (Lipinski definition) is 3. The SMILES string of the molecule is CCC[C@@H](N)c1ccc(N)nc1. The molecule has 1 rings (SSSR count). The van der Waals surface area contributed by atoms with E-state index in [9.17, 15) is 0 Å².